The molecular formula is C16H24N2O3. The van der Waals surface area contributed by atoms with Gasteiger partial charge in [0.1, 0.15) is 0 Å². The maximum absolute atomic E-state index is 12.1. The van der Waals surface area contributed by atoms with Crippen LogP contribution in [0.15, 0.2) is 24.3 Å². The number of carboxylic acid groups (broad SMARTS) is 1. The van der Waals surface area contributed by atoms with Crippen molar-refractivity contribution >= 4 is 17.6 Å². The molecular weight excluding hydrogens is 268 g/mol. The molecule has 0 saturated carbocycles. The van der Waals surface area contributed by atoms with E-state index in [2.05, 4.69) is 5.32 Å². The minimum atomic E-state index is -0.858. The Morgan fingerprint density at radius 1 is 1.29 bits per heavy atom. The van der Waals surface area contributed by atoms with Gasteiger partial charge in [-0.3, -0.25) is 14.5 Å². The van der Waals surface area contributed by atoms with E-state index in [0.29, 0.717) is 6.54 Å². The van der Waals surface area contributed by atoms with Crippen molar-refractivity contribution in [1.29, 1.82) is 0 Å². The Balaban J connectivity index is 2.65. The standard InChI is InChI=1S/C16H24N2O3/c1-12-6-5-7-13(10-12)17-14(19)11-18(16(2,3)4)9-8-15(20)21/h5-7,10H,8-9,11H2,1-4H3,(H,17,19)(H,20,21). The average Bonchev–Trinajstić information content (AvgIpc) is 2.32. The summed E-state index contributed by atoms with van der Waals surface area (Å²) in [5.41, 5.74) is 1.57. The van der Waals surface area contributed by atoms with Crippen LogP contribution in [0.25, 0.3) is 0 Å². The van der Waals surface area contributed by atoms with Crippen LogP contribution in [0, 0.1) is 6.92 Å². The van der Waals surface area contributed by atoms with Gasteiger partial charge in [0, 0.05) is 17.8 Å². The number of amides is 1. The monoisotopic (exact) mass is 292 g/mol. The molecule has 0 aliphatic heterocycles. The summed E-state index contributed by atoms with van der Waals surface area (Å²) in [4.78, 5) is 24.7. The van der Waals surface area contributed by atoms with Crippen LogP contribution in [0.1, 0.15) is 32.8 Å². The van der Waals surface area contributed by atoms with Gasteiger partial charge in [-0.2, -0.15) is 0 Å². The molecule has 0 fully saturated rings. The van der Waals surface area contributed by atoms with Gasteiger partial charge in [0.15, 0.2) is 0 Å². The van der Waals surface area contributed by atoms with Gasteiger partial charge in [-0.15, -0.1) is 0 Å². The number of nitrogens with one attached hydrogen (secondary N) is 1. The molecule has 5 nitrogen and oxygen atoms in total. The first-order valence-electron chi connectivity index (χ1n) is 7.02. The maximum atomic E-state index is 12.1. The molecule has 0 aromatic heterocycles. The fourth-order valence-corrected chi connectivity index (χ4v) is 1.98. The van der Waals surface area contributed by atoms with Crippen molar-refractivity contribution in [3.63, 3.8) is 0 Å². The molecule has 0 saturated heterocycles. The lowest BCUT2D eigenvalue weighted by Gasteiger charge is -2.34. The second kappa shape index (κ2) is 7.22. The molecule has 0 radical (unpaired) electrons. The van der Waals surface area contributed by atoms with Crippen LogP contribution in [0.2, 0.25) is 0 Å². The van der Waals surface area contributed by atoms with Crippen molar-refractivity contribution in [3.05, 3.63) is 29.8 Å². The van der Waals surface area contributed by atoms with E-state index >= 15 is 0 Å². The number of carboxylic acids is 1. The van der Waals surface area contributed by atoms with E-state index in [-0.39, 0.29) is 24.4 Å². The predicted molar refractivity (Wildman–Crippen MR) is 83.4 cm³/mol. The number of aryl methyl sites for hydroxylation is 1. The summed E-state index contributed by atoms with van der Waals surface area (Å²) in [6.45, 7) is 8.38. The van der Waals surface area contributed by atoms with Gasteiger partial charge in [-0.1, -0.05) is 12.1 Å². The SMILES string of the molecule is Cc1cccc(NC(=O)CN(CCC(=O)O)C(C)(C)C)c1. The zero-order valence-electron chi connectivity index (χ0n) is 13.1. The summed E-state index contributed by atoms with van der Waals surface area (Å²) in [6, 6.07) is 7.58. The number of aliphatic carboxylic acids is 1. The fraction of sp³-hybridized carbons (Fsp3) is 0.500. The summed E-state index contributed by atoms with van der Waals surface area (Å²) in [7, 11) is 0. The Morgan fingerprint density at radius 2 is 1.95 bits per heavy atom. The molecule has 21 heavy (non-hydrogen) atoms. The lowest BCUT2D eigenvalue weighted by Crippen LogP contribution is -2.46. The molecule has 0 unspecified atom stereocenters. The largest absolute Gasteiger partial charge is 0.481 e. The summed E-state index contributed by atoms with van der Waals surface area (Å²) in [6.07, 6.45) is 0.0228. The zero-order valence-corrected chi connectivity index (χ0v) is 13.1. The van der Waals surface area contributed by atoms with Crippen LogP contribution in [-0.2, 0) is 9.59 Å². The molecule has 0 aliphatic carbocycles. The zero-order chi connectivity index (χ0) is 16.0. The molecule has 0 atom stereocenters. The lowest BCUT2D eigenvalue weighted by molar-refractivity contribution is -0.138. The van der Waals surface area contributed by atoms with Crippen LogP contribution in [0.3, 0.4) is 0 Å². The smallest absolute Gasteiger partial charge is 0.304 e. The van der Waals surface area contributed by atoms with Gasteiger partial charge in [-0.05, 0) is 45.4 Å². The molecule has 116 valence electrons. The Kier molecular flexibility index (Phi) is 5.90. The highest BCUT2D eigenvalue weighted by Crippen LogP contribution is 2.14. The van der Waals surface area contributed by atoms with Gasteiger partial charge in [0.25, 0.3) is 0 Å². The number of carbonyl (C=O) groups is 2. The van der Waals surface area contributed by atoms with Crippen molar-refractivity contribution in [2.24, 2.45) is 0 Å². The summed E-state index contributed by atoms with van der Waals surface area (Å²) in [5.74, 6) is -0.996. The Bertz CT molecular complexity index is 506. The van der Waals surface area contributed by atoms with E-state index in [1.54, 1.807) is 0 Å². The molecule has 0 bridgehead atoms. The van der Waals surface area contributed by atoms with E-state index in [9.17, 15) is 9.59 Å². The summed E-state index contributed by atoms with van der Waals surface area (Å²) >= 11 is 0. The Labute approximate surface area is 126 Å². The number of carbonyl (C=O) groups excluding carboxylic acids is 1. The second-order valence-corrected chi connectivity index (χ2v) is 6.15. The number of anilines is 1. The van der Waals surface area contributed by atoms with Gasteiger partial charge in [0.2, 0.25) is 5.91 Å². The summed E-state index contributed by atoms with van der Waals surface area (Å²) in [5, 5.41) is 11.6. The van der Waals surface area contributed by atoms with Crippen LogP contribution in [0.5, 0.6) is 0 Å². The van der Waals surface area contributed by atoms with Crippen molar-refractivity contribution in [2.75, 3.05) is 18.4 Å². The van der Waals surface area contributed by atoms with E-state index in [4.69, 9.17) is 5.11 Å². The van der Waals surface area contributed by atoms with Crippen molar-refractivity contribution < 1.29 is 14.7 Å². The molecule has 1 rings (SSSR count). The average molecular weight is 292 g/mol. The normalized spacial score (nSPS) is 11.5. The van der Waals surface area contributed by atoms with E-state index < -0.39 is 5.97 Å². The fourth-order valence-electron chi connectivity index (χ4n) is 1.98. The van der Waals surface area contributed by atoms with Crippen molar-refractivity contribution in [2.45, 2.75) is 39.7 Å². The van der Waals surface area contributed by atoms with E-state index in [0.717, 1.165) is 11.3 Å². The Morgan fingerprint density at radius 3 is 2.48 bits per heavy atom. The van der Waals surface area contributed by atoms with Gasteiger partial charge < -0.3 is 10.4 Å². The number of benzene rings is 1. The van der Waals surface area contributed by atoms with Crippen LogP contribution in [-0.4, -0.2) is 40.5 Å². The first-order chi connectivity index (χ1) is 9.68. The highest BCUT2D eigenvalue weighted by atomic mass is 16.4. The highest BCUT2D eigenvalue weighted by Gasteiger charge is 2.24. The van der Waals surface area contributed by atoms with Gasteiger partial charge in [-0.25, -0.2) is 0 Å². The first-order valence-corrected chi connectivity index (χ1v) is 7.02. The third kappa shape index (κ3) is 6.40. The van der Waals surface area contributed by atoms with Crippen LogP contribution in [0.4, 0.5) is 5.69 Å². The lowest BCUT2D eigenvalue weighted by atomic mass is 10.1. The Hall–Kier alpha value is -1.88. The van der Waals surface area contributed by atoms with Crippen LogP contribution >= 0.6 is 0 Å². The first kappa shape index (κ1) is 17.2. The van der Waals surface area contributed by atoms with Gasteiger partial charge >= 0.3 is 5.97 Å². The van der Waals surface area contributed by atoms with Gasteiger partial charge in [0.05, 0.1) is 13.0 Å². The minimum absolute atomic E-state index is 0.0228. The quantitative estimate of drug-likeness (QED) is 0.845. The molecule has 5 heteroatoms. The third-order valence-electron chi connectivity index (χ3n) is 3.18. The van der Waals surface area contributed by atoms with Crippen molar-refractivity contribution in [3.8, 4) is 0 Å². The number of hydrogen-bond acceptors (Lipinski definition) is 3. The highest BCUT2D eigenvalue weighted by molar-refractivity contribution is 5.92. The molecule has 0 aliphatic rings. The molecule has 1 aromatic carbocycles. The predicted octanol–water partition coefficient (Wildman–Crippen LogP) is 2.51. The molecule has 1 amide bonds. The van der Waals surface area contributed by atoms with E-state index in [1.165, 1.54) is 0 Å². The maximum Gasteiger partial charge on any atom is 0.304 e. The minimum Gasteiger partial charge on any atom is -0.481 e. The van der Waals surface area contributed by atoms with Crippen LogP contribution < -0.4 is 5.32 Å². The topological polar surface area (TPSA) is 69.6 Å². The summed E-state index contributed by atoms with van der Waals surface area (Å²) < 4.78 is 0. The van der Waals surface area contributed by atoms with E-state index in [1.807, 2.05) is 56.9 Å². The molecule has 2 N–H and O–H groups in total. The number of hydrogen-bond donors (Lipinski definition) is 2. The third-order valence-corrected chi connectivity index (χ3v) is 3.18. The number of rotatable bonds is 6. The molecule has 1 aromatic rings. The second-order valence-electron chi connectivity index (χ2n) is 6.15. The number of nitrogens with zero attached hydrogens (tertiary/aromatic N) is 1. The van der Waals surface area contributed by atoms with Crippen molar-refractivity contribution in [1.82, 2.24) is 4.90 Å². The molecule has 0 heterocycles. The molecule has 0 spiro atoms.